The SMILES string of the molecule is c1ccc(-c2cc(-c3cccc(-c4cccc(-n5c(-n6c7ccccc7c7ccccc76)cc6ccccc65)c4)c3)nc(-c3ccccc3)n2)cc1. The molecule has 0 saturated heterocycles. The molecule has 10 rings (SSSR count). The predicted octanol–water partition coefficient (Wildman–Crippen LogP) is 12.2. The second-order valence-electron chi connectivity index (χ2n) is 13.1. The van der Waals surface area contributed by atoms with Crippen LogP contribution in [0.2, 0.25) is 0 Å². The molecular weight excluding hydrogens is 633 g/mol. The second kappa shape index (κ2) is 12.4. The summed E-state index contributed by atoms with van der Waals surface area (Å²) in [5, 5.41) is 3.69. The van der Waals surface area contributed by atoms with Gasteiger partial charge in [-0.15, -0.1) is 0 Å². The molecule has 0 aliphatic rings. The normalized spacial score (nSPS) is 11.5. The molecule has 52 heavy (non-hydrogen) atoms. The van der Waals surface area contributed by atoms with Crippen molar-refractivity contribution in [3.8, 4) is 56.5 Å². The molecule has 10 aromatic rings. The zero-order chi connectivity index (χ0) is 34.4. The minimum atomic E-state index is 0.710. The Morgan fingerprint density at radius 3 is 1.56 bits per heavy atom. The Morgan fingerprint density at radius 2 is 0.846 bits per heavy atom. The second-order valence-corrected chi connectivity index (χ2v) is 13.1. The van der Waals surface area contributed by atoms with Crippen LogP contribution < -0.4 is 0 Å². The van der Waals surface area contributed by atoms with E-state index in [0.29, 0.717) is 5.82 Å². The van der Waals surface area contributed by atoms with Crippen LogP contribution in [0.5, 0.6) is 0 Å². The summed E-state index contributed by atoms with van der Waals surface area (Å²) in [5.74, 6) is 1.81. The Bertz CT molecular complexity index is 2790. The maximum atomic E-state index is 5.10. The monoisotopic (exact) mass is 664 g/mol. The van der Waals surface area contributed by atoms with E-state index in [4.69, 9.17) is 9.97 Å². The topological polar surface area (TPSA) is 35.6 Å². The number of para-hydroxylation sites is 3. The van der Waals surface area contributed by atoms with E-state index in [2.05, 4.69) is 167 Å². The molecule has 244 valence electrons. The van der Waals surface area contributed by atoms with Gasteiger partial charge in [-0.1, -0.05) is 146 Å². The molecule has 0 fully saturated rings. The van der Waals surface area contributed by atoms with Crippen LogP contribution in [0.15, 0.2) is 194 Å². The van der Waals surface area contributed by atoms with E-state index in [0.717, 1.165) is 56.2 Å². The van der Waals surface area contributed by atoms with E-state index in [1.165, 1.54) is 27.2 Å². The van der Waals surface area contributed by atoms with Gasteiger partial charge in [0.1, 0.15) is 5.82 Å². The van der Waals surface area contributed by atoms with Gasteiger partial charge in [0.25, 0.3) is 0 Å². The molecule has 0 bridgehead atoms. The number of hydrogen-bond acceptors (Lipinski definition) is 2. The van der Waals surface area contributed by atoms with Crippen LogP contribution in [0.1, 0.15) is 0 Å². The zero-order valence-electron chi connectivity index (χ0n) is 28.3. The third kappa shape index (κ3) is 5.09. The first-order valence-electron chi connectivity index (χ1n) is 17.6. The number of rotatable bonds is 6. The van der Waals surface area contributed by atoms with Crippen LogP contribution in [0, 0.1) is 0 Å². The van der Waals surface area contributed by atoms with Gasteiger partial charge in [-0.2, -0.15) is 0 Å². The summed E-state index contributed by atoms with van der Waals surface area (Å²) in [5.41, 5.74) is 11.8. The van der Waals surface area contributed by atoms with E-state index in [-0.39, 0.29) is 0 Å². The van der Waals surface area contributed by atoms with Crippen LogP contribution in [-0.4, -0.2) is 19.1 Å². The summed E-state index contributed by atoms with van der Waals surface area (Å²) >= 11 is 0. The summed E-state index contributed by atoms with van der Waals surface area (Å²) in [6.45, 7) is 0. The average Bonchev–Trinajstić information content (AvgIpc) is 3.77. The molecular formula is C48H32N4. The van der Waals surface area contributed by atoms with Crippen molar-refractivity contribution in [2.45, 2.75) is 0 Å². The first kappa shape index (κ1) is 29.8. The van der Waals surface area contributed by atoms with Crippen molar-refractivity contribution >= 4 is 32.7 Å². The first-order valence-corrected chi connectivity index (χ1v) is 17.6. The molecule has 4 heteroatoms. The highest BCUT2D eigenvalue weighted by Crippen LogP contribution is 2.37. The van der Waals surface area contributed by atoms with Gasteiger partial charge in [0.05, 0.1) is 27.9 Å². The van der Waals surface area contributed by atoms with E-state index >= 15 is 0 Å². The lowest BCUT2D eigenvalue weighted by Crippen LogP contribution is -2.04. The maximum absolute atomic E-state index is 5.10. The van der Waals surface area contributed by atoms with E-state index in [1.807, 2.05) is 36.4 Å². The minimum absolute atomic E-state index is 0.710. The molecule has 0 spiro atoms. The standard InChI is InChI=1S/C48H32N4/c1-3-15-33(16-4-1)42-32-43(50-48(49-42)34-17-5-2-6-18-34)37-22-13-20-35(29-37)36-21-14-23-39(30-36)51-44-26-10-7-19-38(44)31-47(51)52-45-27-11-8-24-40(45)41-25-9-12-28-46(41)52/h1-32H. The van der Waals surface area contributed by atoms with Crippen molar-refractivity contribution in [1.29, 1.82) is 0 Å². The van der Waals surface area contributed by atoms with Gasteiger partial charge in [0.15, 0.2) is 5.82 Å². The third-order valence-corrected chi connectivity index (χ3v) is 9.92. The number of benzene rings is 7. The zero-order valence-corrected chi connectivity index (χ0v) is 28.3. The largest absolute Gasteiger partial charge is 0.295 e. The number of fused-ring (bicyclic) bond motifs is 4. The predicted molar refractivity (Wildman–Crippen MR) is 215 cm³/mol. The summed E-state index contributed by atoms with van der Waals surface area (Å²) in [6.07, 6.45) is 0. The maximum Gasteiger partial charge on any atom is 0.160 e. The lowest BCUT2D eigenvalue weighted by molar-refractivity contribution is 1.00. The molecule has 0 aliphatic heterocycles. The fraction of sp³-hybridized carbons (Fsp3) is 0. The van der Waals surface area contributed by atoms with Crippen molar-refractivity contribution < 1.29 is 0 Å². The third-order valence-electron chi connectivity index (χ3n) is 9.92. The molecule has 0 amide bonds. The number of aromatic nitrogens is 4. The Labute approximate surface area is 301 Å². The minimum Gasteiger partial charge on any atom is -0.295 e. The van der Waals surface area contributed by atoms with Crippen molar-refractivity contribution in [3.05, 3.63) is 194 Å². The molecule has 0 atom stereocenters. The van der Waals surface area contributed by atoms with Crippen LogP contribution in [0.4, 0.5) is 0 Å². The van der Waals surface area contributed by atoms with Crippen LogP contribution >= 0.6 is 0 Å². The lowest BCUT2D eigenvalue weighted by atomic mass is 10.00. The van der Waals surface area contributed by atoms with E-state index in [9.17, 15) is 0 Å². The molecule has 0 radical (unpaired) electrons. The summed E-state index contributed by atoms with van der Waals surface area (Å²) < 4.78 is 4.80. The summed E-state index contributed by atoms with van der Waals surface area (Å²) in [4.78, 5) is 10.1. The van der Waals surface area contributed by atoms with E-state index in [1.54, 1.807) is 0 Å². The van der Waals surface area contributed by atoms with Crippen LogP contribution in [0.3, 0.4) is 0 Å². The molecule has 4 nitrogen and oxygen atoms in total. The van der Waals surface area contributed by atoms with Gasteiger partial charge < -0.3 is 0 Å². The smallest absolute Gasteiger partial charge is 0.160 e. The number of nitrogens with zero attached hydrogens (tertiary/aromatic N) is 4. The van der Waals surface area contributed by atoms with Crippen molar-refractivity contribution in [2.24, 2.45) is 0 Å². The van der Waals surface area contributed by atoms with Crippen molar-refractivity contribution in [2.75, 3.05) is 0 Å². The highest BCUT2D eigenvalue weighted by molar-refractivity contribution is 6.09. The fourth-order valence-electron chi connectivity index (χ4n) is 7.50. The first-order chi connectivity index (χ1) is 25.8. The molecule has 0 saturated carbocycles. The van der Waals surface area contributed by atoms with Crippen molar-refractivity contribution in [3.63, 3.8) is 0 Å². The molecule has 0 unspecified atom stereocenters. The highest BCUT2D eigenvalue weighted by atomic mass is 15.2. The fourth-order valence-corrected chi connectivity index (χ4v) is 7.50. The van der Waals surface area contributed by atoms with Gasteiger partial charge >= 0.3 is 0 Å². The molecule has 3 aromatic heterocycles. The highest BCUT2D eigenvalue weighted by Gasteiger charge is 2.18. The van der Waals surface area contributed by atoms with Gasteiger partial charge in [0.2, 0.25) is 0 Å². The van der Waals surface area contributed by atoms with Gasteiger partial charge in [-0.3, -0.25) is 9.13 Å². The Kier molecular flexibility index (Phi) is 7.10. The van der Waals surface area contributed by atoms with Crippen LogP contribution in [-0.2, 0) is 0 Å². The summed E-state index contributed by atoms with van der Waals surface area (Å²) in [6, 6.07) is 68.5. The number of hydrogen-bond donors (Lipinski definition) is 0. The Hall–Kier alpha value is -7.04. The van der Waals surface area contributed by atoms with Crippen molar-refractivity contribution in [1.82, 2.24) is 19.1 Å². The molecule has 0 N–H and O–H groups in total. The average molecular weight is 665 g/mol. The Balaban J connectivity index is 1.12. The van der Waals surface area contributed by atoms with Crippen LogP contribution in [0.25, 0.3) is 89.2 Å². The molecule has 0 aliphatic carbocycles. The molecule has 3 heterocycles. The quantitative estimate of drug-likeness (QED) is 0.177. The van der Waals surface area contributed by atoms with Gasteiger partial charge in [0, 0.05) is 38.5 Å². The van der Waals surface area contributed by atoms with Gasteiger partial charge in [-0.25, -0.2) is 9.97 Å². The Morgan fingerprint density at radius 1 is 0.327 bits per heavy atom. The summed E-state index contributed by atoms with van der Waals surface area (Å²) in [7, 11) is 0. The van der Waals surface area contributed by atoms with Gasteiger partial charge in [-0.05, 0) is 59.7 Å². The lowest BCUT2D eigenvalue weighted by Gasteiger charge is -2.15. The molecule has 7 aromatic carbocycles. The van der Waals surface area contributed by atoms with E-state index < -0.39 is 0 Å².